The highest BCUT2D eigenvalue weighted by molar-refractivity contribution is 5.70. The average Bonchev–Trinajstić information content (AvgIpc) is 2.52. The molecule has 1 aromatic heterocycles. The number of nitrogens with one attached hydrogen (secondary N) is 1. The Labute approximate surface area is 62.9 Å². The first kappa shape index (κ1) is 7.39. The maximum absolute atomic E-state index is 10.4. The number of carbonyl (C=O) groups is 1. The van der Waals surface area contributed by atoms with E-state index in [1.165, 1.54) is 4.90 Å². The van der Waals surface area contributed by atoms with E-state index in [2.05, 4.69) is 27.2 Å². The van der Waals surface area contributed by atoms with E-state index in [0.29, 0.717) is 18.9 Å². The van der Waals surface area contributed by atoms with Gasteiger partial charge in [0, 0.05) is 6.54 Å². The van der Waals surface area contributed by atoms with Gasteiger partial charge in [0.15, 0.2) is 0 Å². The number of aromatic nitrogens is 4. The van der Waals surface area contributed by atoms with Gasteiger partial charge in [-0.2, -0.15) is 0 Å². The van der Waals surface area contributed by atoms with Crippen molar-refractivity contribution in [1.82, 2.24) is 20.6 Å². The van der Waals surface area contributed by atoms with Crippen molar-refractivity contribution in [2.24, 2.45) is 0 Å². The molecular formula is C5H7N5O. The van der Waals surface area contributed by atoms with Crippen molar-refractivity contribution in [2.75, 3.05) is 11.4 Å². The molecule has 6 nitrogen and oxygen atoms in total. The van der Waals surface area contributed by atoms with Crippen molar-refractivity contribution in [2.45, 2.75) is 0 Å². The van der Waals surface area contributed by atoms with E-state index < -0.39 is 0 Å². The van der Waals surface area contributed by atoms with Gasteiger partial charge in [-0.3, -0.25) is 9.69 Å². The first-order valence-corrected chi connectivity index (χ1v) is 2.95. The van der Waals surface area contributed by atoms with E-state index in [1.807, 2.05) is 0 Å². The quantitative estimate of drug-likeness (QED) is 0.460. The number of hydrogen-bond donors (Lipinski definition) is 1. The van der Waals surface area contributed by atoms with Crippen LogP contribution in [0.1, 0.15) is 0 Å². The van der Waals surface area contributed by atoms with Crippen molar-refractivity contribution in [1.29, 1.82) is 0 Å². The zero-order chi connectivity index (χ0) is 8.10. The number of amides is 1. The molecule has 1 aromatic rings. The monoisotopic (exact) mass is 153 g/mol. The summed E-state index contributed by atoms with van der Waals surface area (Å²) in [7, 11) is 0. The van der Waals surface area contributed by atoms with E-state index >= 15 is 0 Å². The molecule has 0 saturated heterocycles. The molecule has 0 unspecified atom stereocenters. The molecule has 1 rings (SSSR count). The van der Waals surface area contributed by atoms with Crippen LogP contribution in [0.5, 0.6) is 0 Å². The van der Waals surface area contributed by atoms with Gasteiger partial charge in [-0.25, -0.2) is 5.10 Å². The number of H-pyrrole nitrogens is 1. The van der Waals surface area contributed by atoms with Crippen LogP contribution in [0.4, 0.5) is 5.95 Å². The molecule has 0 aliphatic heterocycles. The molecule has 1 amide bonds. The van der Waals surface area contributed by atoms with Crippen molar-refractivity contribution in [3.8, 4) is 0 Å². The van der Waals surface area contributed by atoms with Gasteiger partial charge in [-0.15, -0.1) is 6.58 Å². The highest BCUT2D eigenvalue weighted by atomic mass is 16.1. The van der Waals surface area contributed by atoms with E-state index in [1.54, 1.807) is 6.08 Å². The SMILES string of the molecule is C=CCN(C=O)c1nnn[nH]1. The normalized spacial score (nSPS) is 9.09. The highest BCUT2D eigenvalue weighted by Crippen LogP contribution is 1.98. The lowest BCUT2D eigenvalue weighted by atomic mass is 10.6. The molecular weight excluding hydrogens is 146 g/mol. The van der Waals surface area contributed by atoms with Crippen LogP contribution in [-0.2, 0) is 4.79 Å². The summed E-state index contributed by atoms with van der Waals surface area (Å²) >= 11 is 0. The van der Waals surface area contributed by atoms with Crippen LogP contribution in [0.15, 0.2) is 12.7 Å². The van der Waals surface area contributed by atoms with Gasteiger partial charge in [0.1, 0.15) is 0 Å². The third kappa shape index (κ3) is 1.60. The number of aromatic amines is 1. The Bertz CT molecular complexity index is 231. The number of rotatable bonds is 4. The predicted molar refractivity (Wildman–Crippen MR) is 37.8 cm³/mol. The fourth-order valence-corrected chi connectivity index (χ4v) is 0.594. The highest BCUT2D eigenvalue weighted by Gasteiger charge is 2.04. The Balaban J connectivity index is 2.70. The molecule has 0 aliphatic carbocycles. The van der Waals surface area contributed by atoms with E-state index in [-0.39, 0.29) is 0 Å². The summed E-state index contributed by atoms with van der Waals surface area (Å²) in [6.07, 6.45) is 2.21. The molecule has 0 aromatic carbocycles. The Morgan fingerprint density at radius 1 is 1.73 bits per heavy atom. The Kier molecular flexibility index (Phi) is 2.32. The second kappa shape index (κ2) is 3.45. The zero-order valence-electron chi connectivity index (χ0n) is 5.77. The number of carbonyl (C=O) groups excluding carboxylic acids is 1. The predicted octanol–water partition coefficient (Wildman–Crippen LogP) is -0.652. The molecule has 0 fully saturated rings. The van der Waals surface area contributed by atoms with Crippen LogP contribution < -0.4 is 4.90 Å². The lowest BCUT2D eigenvalue weighted by Crippen LogP contribution is -2.22. The number of tetrazole rings is 1. The zero-order valence-corrected chi connectivity index (χ0v) is 5.77. The second-order valence-corrected chi connectivity index (χ2v) is 1.77. The Hall–Kier alpha value is -1.72. The summed E-state index contributed by atoms with van der Waals surface area (Å²) in [5.41, 5.74) is 0. The van der Waals surface area contributed by atoms with Gasteiger partial charge in [0.2, 0.25) is 12.4 Å². The van der Waals surface area contributed by atoms with Gasteiger partial charge < -0.3 is 0 Å². The van der Waals surface area contributed by atoms with Crippen LogP contribution in [0.2, 0.25) is 0 Å². The van der Waals surface area contributed by atoms with E-state index in [4.69, 9.17) is 0 Å². The number of nitrogens with zero attached hydrogens (tertiary/aromatic N) is 4. The number of anilines is 1. The Morgan fingerprint density at radius 2 is 2.55 bits per heavy atom. The largest absolute Gasteiger partial charge is 0.278 e. The first-order chi connectivity index (χ1) is 5.38. The van der Waals surface area contributed by atoms with Crippen molar-refractivity contribution < 1.29 is 4.79 Å². The smallest absolute Gasteiger partial charge is 0.249 e. The third-order valence-corrected chi connectivity index (χ3v) is 1.06. The minimum atomic E-state index is 0.319. The fraction of sp³-hybridized carbons (Fsp3) is 0.200. The minimum absolute atomic E-state index is 0.319. The first-order valence-electron chi connectivity index (χ1n) is 2.95. The molecule has 0 aliphatic rings. The maximum Gasteiger partial charge on any atom is 0.249 e. The van der Waals surface area contributed by atoms with Gasteiger partial charge in [0.05, 0.1) is 0 Å². The van der Waals surface area contributed by atoms with Gasteiger partial charge in [0.25, 0.3) is 0 Å². The molecule has 0 bridgehead atoms. The maximum atomic E-state index is 10.4. The topological polar surface area (TPSA) is 74.8 Å². The summed E-state index contributed by atoms with van der Waals surface area (Å²) in [6, 6.07) is 0. The van der Waals surface area contributed by atoms with Crippen LogP contribution >= 0.6 is 0 Å². The summed E-state index contributed by atoms with van der Waals surface area (Å²) in [5.74, 6) is 0.319. The van der Waals surface area contributed by atoms with E-state index in [0.717, 1.165) is 0 Å². The van der Waals surface area contributed by atoms with Crippen molar-refractivity contribution >= 4 is 12.4 Å². The molecule has 58 valence electrons. The number of hydrogen-bond acceptors (Lipinski definition) is 4. The summed E-state index contributed by atoms with van der Waals surface area (Å²) < 4.78 is 0. The lowest BCUT2D eigenvalue weighted by Gasteiger charge is -2.07. The molecule has 1 N–H and O–H groups in total. The van der Waals surface area contributed by atoms with E-state index in [9.17, 15) is 4.79 Å². The summed E-state index contributed by atoms with van der Waals surface area (Å²) in [5, 5.41) is 12.6. The molecule has 0 saturated carbocycles. The second-order valence-electron chi connectivity index (χ2n) is 1.77. The summed E-state index contributed by atoms with van der Waals surface area (Å²) in [4.78, 5) is 11.7. The third-order valence-electron chi connectivity index (χ3n) is 1.06. The standard InChI is InChI=1S/C5H7N5O/c1-2-3-10(4-11)5-6-8-9-7-5/h2,4H,1,3H2,(H,6,7,8,9). The fourth-order valence-electron chi connectivity index (χ4n) is 0.594. The average molecular weight is 153 g/mol. The van der Waals surface area contributed by atoms with Crippen LogP contribution in [0.3, 0.4) is 0 Å². The summed E-state index contributed by atoms with van der Waals surface area (Å²) in [6.45, 7) is 3.86. The van der Waals surface area contributed by atoms with Crippen molar-refractivity contribution in [3.05, 3.63) is 12.7 Å². The molecule has 11 heavy (non-hydrogen) atoms. The van der Waals surface area contributed by atoms with Crippen LogP contribution in [0.25, 0.3) is 0 Å². The minimum Gasteiger partial charge on any atom is -0.278 e. The molecule has 0 spiro atoms. The molecule has 0 radical (unpaired) electrons. The van der Waals surface area contributed by atoms with Gasteiger partial charge in [-0.05, 0) is 10.4 Å². The lowest BCUT2D eigenvalue weighted by molar-refractivity contribution is -0.107. The van der Waals surface area contributed by atoms with Crippen LogP contribution in [-0.4, -0.2) is 33.6 Å². The van der Waals surface area contributed by atoms with Gasteiger partial charge >= 0.3 is 0 Å². The molecule has 1 heterocycles. The Morgan fingerprint density at radius 3 is 3.00 bits per heavy atom. The molecule has 0 atom stereocenters. The van der Waals surface area contributed by atoms with Crippen LogP contribution in [0, 0.1) is 0 Å². The van der Waals surface area contributed by atoms with Crippen molar-refractivity contribution in [3.63, 3.8) is 0 Å². The molecule has 6 heteroatoms. The van der Waals surface area contributed by atoms with Gasteiger partial charge in [-0.1, -0.05) is 11.2 Å².